The lowest BCUT2D eigenvalue weighted by molar-refractivity contribution is 0.414. The summed E-state index contributed by atoms with van der Waals surface area (Å²) in [4.78, 5) is 0. The molecule has 0 fully saturated rings. The highest BCUT2D eigenvalue weighted by atomic mass is 16.5. The SMILES string of the molecule is COc1ccc(C2C=C(C=Cc3ccccc3)NN2c2ccccc2)cc1. The van der Waals surface area contributed by atoms with Gasteiger partial charge < -0.3 is 4.74 Å². The van der Waals surface area contributed by atoms with Crippen molar-refractivity contribution in [2.45, 2.75) is 6.04 Å². The number of hydrogen-bond donors (Lipinski definition) is 1. The minimum absolute atomic E-state index is 0.105. The fraction of sp³-hybridized carbons (Fsp3) is 0.0833. The van der Waals surface area contributed by atoms with Crippen LogP contribution in [0.5, 0.6) is 5.75 Å². The fourth-order valence-corrected chi connectivity index (χ4v) is 3.19. The van der Waals surface area contributed by atoms with Crippen molar-refractivity contribution in [1.82, 2.24) is 5.43 Å². The molecule has 0 bridgehead atoms. The quantitative estimate of drug-likeness (QED) is 0.668. The van der Waals surface area contributed by atoms with Crippen molar-refractivity contribution in [2.75, 3.05) is 12.1 Å². The van der Waals surface area contributed by atoms with E-state index in [4.69, 9.17) is 4.74 Å². The molecule has 134 valence electrons. The van der Waals surface area contributed by atoms with Crippen LogP contribution < -0.4 is 15.2 Å². The first-order chi connectivity index (χ1) is 13.3. The van der Waals surface area contributed by atoms with Crippen molar-refractivity contribution in [3.63, 3.8) is 0 Å². The Balaban J connectivity index is 1.64. The molecular weight excluding hydrogens is 332 g/mol. The summed E-state index contributed by atoms with van der Waals surface area (Å²) in [6, 6.07) is 29.0. The van der Waals surface area contributed by atoms with E-state index in [9.17, 15) is 0 Å². The second-order valence-electron chi connectivity index (χ2n) is 6.40. The predicted molar refractivity (Wildman–Crippen MR) is 111 cm³/mol. The number of hydrogen-bond acceptors (Lipinski definition) is 3. The smallest absolute Gasteiger partial charge is 0.118 e. The van der Waals surface area contributed by atoms with E-state index in [0.29, 0.717) is 0 Å². The number of nitrogens with zero attached hydrogens (tertiary/aromatic N) is 1. The van der Waals surface area contributed by atoms with Gasteiger partial charge in [0.2, 0.25) is 0 Å². The van der Waals surface area contributed by atoms with Crippen LogP contribution in [-0.2, 0) is 0 Å². The molecule has 1 aliphatic rings. The zero-order chi connectivity index (χ0) is 18.5. The van der Waals surface area contributed by atoms with Crippen molar-refractivity contribution < 1.29 is 4.74 Å². The van der Waals surface area contributed by atoms with E-state index in [0.717, 1.165) is 17.1 Å². The number of methoxy groups -OCH3 is 1. The minimum Gasteiger partial charge on any atom is -0.497 e. The zero-order valence-corrected chi connectivity index (χ0v) is 15.2. The van der Waals surface area contributed by atoms with Crippen molar-refractivity contribution >= 4 is 11.8 Å². The molecule has 3 heteroatoms. The van der Waals surface area contributed by atoms with Crippen LogP contribution in [0.2, 0.25) is 0 Å². The maximum atomic E-state index is 5.30. The summed E-state index contributed by atoms with van der Waals surface area (Å²) < 4.78 is 5.30. The van der Waals surface area contributed by atoms with Crippen molar-refractivity contribution in [2.24, 2.45) is 0 Å². The molecule has 1 N–H and O–H groups in total. The molecule has 1 heterocycles. The third-order valence-electron chi connectivity index (χ3n) is 4.61. The fourth-order valence-electron chi connectivity index (χ4n) is 3.19. The molecule has 0 spiro atoms. The molecule has 1 unspecified atom stereocenters. The Morgan fingerprint density at radius 2 is 1.48 bits per heavy atom. The van der Waals surface area contributed by atoms with Gasteiger partial charge in [0, 0.05) is 0 Å². The zero-order valence-electron chi connectivity index (χ0n) is 15.2. The average molecular weight is 354 g/mol. The summed E-state index contributed by atoms with van der Waals surface area (Å²) in [7, 11) is 1.69. The number of anilines is 1. The van der Waals surface area contributed by atoms with E-state index in [1.54, 1.807) is 7.11 Å². The molecule has 0 aliphatic carbocycles. The Bertz CT molecular complexity index is 931. The van der Waals surface area contributed by atoms with E-state index >= 15 is 0 Å². The first-order valence-corrected chi connectivity index (χ1v) is 9.03. The first kappa shape index (κ1) is 17.0. The normalized spacial score (nSPS) is 16.3. The lowest BCUT2D eigenvalue weighted by Crippen LogP contribution is -2.33. The molecule has 0 radical (unpaired) electrons. The molecule has 1 atom stereocenters. The Kier molecular flexibility index (Phi) is 4.93. The summed E-state index contributed by atoms with van der Waals surface area (Å²) >= 11 is 0. The number of allylic oxidation sites excluding steroid dienone is 1. The largest absolute Gasteiger partial charge is 0.497 e. The summed E-state index contributed by atoms with van der Waals surface area (Å²) in [5.74, 6) is 0.865. The summed E-state index contributed by atoms with van der Waals surface area (Å²) in [6.07, 6.45) is 6.49. The van der Waals surface area contributed by atoms with Gasteiger partial charge in [0.05, 0.1) is 24.5 Å². The second-order valence-corrected chi connectivity index (χ2v) is 6.40. The number of rotatable bonds is 5. The van der Waals surface area contributed by atoms with Crippen LogP contribution in [0, 0.1) is 0 Å². The van der Waals surface area contributed by atoms with E-state index < -0.39 is 0 Å². The van der Waals surface area contributed by atoms with Crippen LogP contribution in [0.25, 0.3) is 6.08 Å². The maximum absolute atomic E-state index is 5.30. The van der Waals surface area contributed by atoms with Crippen molar-refractivity contribution in [1.29, 1.82) is 0 Å². The molecule has 1 aliphatic heterocycles. The molecule has 0 aromatic heterocycles. The molecule has 0 amide bonds. The molecular formula is C24H22N2O. The van der Waals surface area contributed by atoms with E-state index in [2.05, 4.69) is 77.2 Å². The molecule has 4 rings (SSSR count). The average Bonchev–Trinajstić information content (AvgIpc) is 3.18. The van der Waals surface area contributed by atoms with Gasteiger partial charge in [0.1, 0.15) is 5.75 Å². The van der Waals surface area contributed by atoms with Gasteiger partial charge in [-0.2, -0.15) is 0 Å². The Hall–Kier alpha value is -3.46. The number of para-hydroxylation sites is 1. The van der Waals surface area contributed by atoms with Gasteiger partial charge in [-0.05, 0) is 47.5 Å². The highest BCUT2D eigenvalue weighted by molar-refractivity contribution is 5.58. The third kappa shape index (κ3) is 3.87. The maximum Gasteiger partial charge on any atom is 0.118 e. The lowest BCUT2D eigenvalue weighted by atomic mass is 10.1. The summed E-state index contributed by atoms with van der Waals surface area (Å²) in [5, 5.41) is 2.19. The number of ether oxygens (including phenoxy) is 1. The minimum atomic E-state index is 0.105. The second kappa shape index (κ2) is 7.83. The van der Waals surface area contributed by atoms with Crippen LogP contribution in [0.4, 0.5) is 5.69 Å². The lowest BCUT2D eigenvalue weighted by Gasteiger charge is -2.27. The third-order valence-corrected chi connectivity index (χ3v) is 4.61. The number of benzene rings is 3. The van der Waals surface area contributed by atoms with E-state index in [1.807, 2.05) is 36.4 Å². The molecule has 27 heavy (non-hydrogen) atoms. The van der Waals surface area contributed by atoms with Gasteiger partial charge >= 0.3 is 0 Å². The van der Waals surface area contributed by atoms with E-state index in [-0.39, 0.29) is 6.04 Å². The van der Waals surface area contributed by atoms with E-state index in [1.165, 1.54) is 11.1 Å². The van der Waals surface area contributed by atoms with Gasteiger partial charge in [-0.25, -0.2) is 0 Å². The van der Waals surface area contributed by atoms with Gasteiger partial charge in [0.15, 0.2) is 0 Å². The Labute approximate surface area is 160 Å². The standard InChI is InChI=1S/C24H22N2O/c1-27-23-16-13-20(14-17-23)24-18-21(15-12-19-8-4-2-5-9-19)25-26(24)22-10-6-3-7-11-22/h2-18,24-25H,1H3. The monoisotopic (exact) mass is 354 g/mol. The van der Waals surface area contributed by atoms with Crippen LogP contribution in [-0.4, -0.2) is 7.11 Å². The van der Waals surface area contributed by atoms with Crippen molar-refractivity contribution in [3.05, 3.63) is 114 Å². The van der Waals surface area contributed by atoms with Crippen LogP contribution >= 0.6 is 0 Å². The highest BCUT2D eigenvalue weighted by Crippen LogP contribution is 2.33. The Morgan fingerprint density at radius 1 is 0.815 bits per heavy atom. The predicted octanol–water partition coefficient (Wildman–Crippen LogP) is 5.36. The molecule has 3 aromatic carbocycles. The number of hydrazine groups is 1. The number of nitrogens with one attached hydrogen (secondary N) is 1. The van der Waals surface area contributed by atoms with Gasteiger partial charge in [-0.1, -0.05) is 66.7 Å². The molecule has 0 saturated heterocycles. The van der Waals surface area contributed by atoms with Gasteiger partial charge in [0.25, 0.3) is 0 Å². The first-order valence-electron chi connectivity index (χ1n) is 9.03. The molecule has 0 saturated carbocycles. The van der Waals surface area contributed by atoms with Crippen LogP contribution in [0.15, 0.2) is 103 Å². The van der Waals surface area contributed by atoms with Gasteiger partial charge in [-0.15, -0.1) is 0 Å². The van der Waals surface area contributed by atoms with Crippen LogP contribution in [0.1, 0.15) is 17.2 Å². The summed E-state index contributed by atoms with van der Waals surface area (Å²) in [6.45, 7) is 0. The van der Waals surface area contributed by atoms with Gasteiger partial charge in [-0.3, -0.25) is 10.4 Å². The summed E-state index contributed by atoms with van der Waals surface area (Å²) in [5.41, 5.74) is 8.11. The molecule has 3 aromatic rings. The Morgan fingerprint density at radius 3 is 2.15 bits per heavy atom. The highest BCUT2D eigenvalue weighted by Gasteiger charge is 2.25. The van der Waals surface area contributed by atoms with Crippen molar-refractivity contribution in [3.8, 4) is 5.75 Å². The topological polar surface area (TPSA) is 24.5 Å². The van der Waals surface area contributed by atoms with Crippen LogP contribution in [0.3, 0.4) is 0 Å². The molecule has 3 nitrogen and oxygen atoms in total.